The number of hydrogen-bond acceptors (Lipinski definition) is 5. The Hall–Kier alpha value is -2.93. The highest BCUT2D eigenvalue weighted by molar-refractivity contribution is 5.85. The Kier molecular flexibility index (Phi) is 4.28. The lowest BCUT2D eigenvalue weighted by molar-refractivity contribution is 0.652. The molecule has 0 radical (unpaired) electrons. The largest absolute Gasteiger partial charge is 0.325 e. The number of nitrogens with zero attached hydrogens (tertiary/aromatic N) is 4. The number of aromatic nitrogens is 5. The molecular weight excluding hydrogens is 388 g/mol. The van der Waals surface area contributed by atoms with Crippen LogP contribution in [-0.4, -0.2) is 24.6 Å². The topological polar surface area (TPSA) is 88.0 Å². The van der Waals surface area contributed by atoms with Crippen molar-refractivity contribution in [1.82, 2.24) is 24.6 Å². The van der Waals surface area contributed by atoms with Crippen molar-refractivity contribution in [3.8, 4) is 0 Å². The minimum absolute atomic E-state index is 0. The van der Waals surface area contributed by atoms with E-state index >= 15 is 0 Å². The first kappa shape index (κ1) is 18.1. The molecule has 1 saturated carbocycles. The number of hydrogen-bond donors (Lipinski definition) is 2. The summed E-state index contributed by atoms with van der Waals surface area (Å²) in [5.74, 6) is 2.67. The Labute approximate surface area is 173 Å². The average Bonchev–Trinajstić information content (AvgIpc) is 3.47. The second-order valence-electron chi connectivity index (χ2n) is 7.77. The summed E-state index contributed by atoms with van der Waals surface area (Å²) in [6.45, 7) is 0. The van der Waals surface area contributed by atoms with E-state index in [0.717, 1.165) is 54.3 Å². The van der Waals surface area contributed by atoms with Crippen LogP contribution in [-0.2, 0) is 12.8 Å². The summed E-state index contributed by atoms with van der Waals surface area (Å²) >= 11 is 0. The van der Waals surface area contributed by atoms with Crippen molar-refractivity contribution in [2.24, 2.45) is 0 Å². The number of fused-ring (bicyclic) bond motifs is 4. The van der Waals surface area contributed by atoms with Crippen molar-refractivity contribution in [2.75, 3.05) is 5.32 Å². The molecule has 7 nitrogen and oxygen atoms in total. The summed E-state index contributed by atoms with van der Waals surface area (Å²) in [6.07, 6.45) is 6.37. The molecule has 0 unspecified atom stereocenters. The highest BCUT2D eigenvalue weighted by Crippen LogP contribution is 2.40. The van der Waals surface area contributed by atoms with Gasteiger partial charge in [0.1, 0.15) is 11.6 Å². The van der Waals surface area contributed by atoms with Crippen LogP contribution >= 0.6 is 12.4 Å². The number of benzene rings is 1. The smallest absolute Gasteiger partial charge is 0.267 e. The molecule has 3 heterocycles. The summed E-state index contributed by atoms with van der Waals surface area (Å²) in [7, 11) is 0. The first-order chi connectivity index (χ1) is 13.8. The molecule has 1 aromatic carbocycles. The summed E-state index contributed by atoms with van der Waals surface area (Å²) in [5, 5.41) is 11.5. The Bertz CT molecular complexity index is 1290. The molecule has 0 atom stereocenters. The lowest BCUT2D eigenvalue weighted by atomic mass is 9.96. The van der Waals surface area contributed by atoms with Crippen LogP contribution in [0.3, 0.4) is 0 Å². The second-order valence-corrected chi connectivity index (χ2v) is 7.77. The quantitative estimate of drug-likeness (QED) is 0.502. The SMILES string of the molecule is Cl.O=c1c2ccccc2nc2nc(Nc3cc(C4CC4)n[nH]3)c3c(n12)CCCC3. The third kappa shape index (κ3) is 2.97. The maximum Gasteiger partial charge on any atom is 0.267 e. The zero-order valence-electron chi connectivity index (χ0n) is 15.8. The number of H-pyrrole nitrogens is 1. The fourth-order valence-corrected chi connectivity index (χ4v) is 4.22. The summed E-state index contributed by atoms with van der Waals surface area (Å²) in [4.78, 5) is 22.6. The molecule has 4 aromatic rings. The van der Waals surface area contributed by atoms with Gasteiger partial charge < -0.3 is 5.32 Å². The van der Waals surface area contributed by atoms with E-state index in [4.69, 9.17) is 4.98 Å². The van der Waals surface area contributed by atoms with Crippen LogP contribution in [0.2, 0.25) is 0 Å². The molecule has 0 amide bonds. The van der Waals surface area contributed by atoms with Crippen molar-refractivity contribution in [3.63, 3.8) is 0 Å². The van der Waals surface area contributed by atoms with Gasteiger partial charge in [-0.15, -0.1) is 12.4 Å². The molecule has 29 heavy (non-hydrogen) atoms. The summed E-state index contributed by atoms with van der Waals surface area (Å²) in [6, 6.07) is 9.54. The molecule has 0 bridgehead atoms. The van der Waals surface area contributed by atoms with Crippen molar-refractivity contribution in [1.29, 1.82) is 0 Å². The van der Waals surface area contributed by atoms with E-state index in [0.29, 0.717) is 22.6 Å². The summed E-state index contributed by atoms with van der Waals surface area (Å²) < 4.78 is 1.71. The molecule has 2 N–H and O–H groups in total. The number of nitrogens with one attached hydrogen (secondary N) is 2. The van der Waals surface area contributed by atoms with Gasteiger partial charge in [-0.1, -0.05) is 12.1 Å². The predicted molar refractivity (Wildman–Crippen MR) is 114 cm³/mol. The number of halogens is 1. The Balaban J connectivity index is 0.00000181. The Morgan fingerprint density at radius 1 is 1.10 bits per heavy atom. The number of aryl methyl sites for hydroxylation is 1. The van der Waals surface area contributed by atoms with E-state index in [2.05, 4.69) is 26.6 Å². The Morgan fingerprint density at radius 2 is 1.93 bits per heavy atom. The molecular formula is C21H21ClN6O. The van der Waals surface area contributed by atoms with E-state index < -0.39 is 0 Å². The van der Waals surface area contributed by atoms with Crippen molar-refractivity contribution >= 4 is 40.7 Å². The lowest BCUT2D eigenvalue weighted by Crippen LogP contribution is -2.24. The molecule has 3 aromatic heterocycles. The minimum atomic E-state index is -0.0321. The standard InChI is InChI=1S/C21H20N6O.ClH/c28-20-13-5-1-3-7-15(13)22-21-24-19(14-6-2-4-8-17(14)27(20)21)23-18-11-16(25-26-18)12-9-10-12;/h1,3,5,7,11-12H,2,4,6,8-10H2,(H2,22,23,24,25,26);1H. The van der Waals surface area contributed by atoms with E-state index in [-0.39, 0.29) is 18.0 Å². The van der Waals surface area contributed by atoms with Crippen molar-refractivity contribution in [2.45, 2.75) is 44.4 Å². The lowest BCUT2D eigenvalue weighted by Gasteiger charge is -2.21. The molecule has 1 fully saturated rings. The van der Waals surface area contributed by atoms with Gasteiger partial charge in [-0.25, -0.2) is 9.38 Å². The van der Waals surface area contributed by atoms with Crippen LogP contribution < -0.4 is 10.9 Å². The normalized spacial score (nSPS) is 15.9. The third-order valence-electron chi connectivity index (χ3n) is 5.81. The zero-order valence-corrected chi connectivity index (χ0v) is 16.6. The third-order valence-corrected chi connectivity index (χ3v) is 5.81. The summed E-state index contributed by atoms with van der Waals surface area (Å²) in [5.41, 5.74) is 3.90. The van der Waals surface area contributed by atoms with E-state index in [1.807, 2.05) is 24.3 Å². The van der Waals surface area contributed by atoms with Gasteiger partial charge in [-0.2, -0.15) is 10.1 Å². The molecule has 0 aliphatic heterocycles. The Morgan fingerprint density at radius 3 is 2.79 bits per heavy atom. The average molecular weight is 409 g/mol. The monoisotopic (exact) mass is 408 g/mol. The van der Waals surface area contributed by atoms with Crippen LogP contribution in [0.1, 0.15) is 48.6 Å². The number of para-hydroxylation sites is 1. The van der Waals surface area contributed by atoms with Gasteiger partial charge in [0.2, 0.25) is 5.78 Å². The predicted octanol–water partition coefficient (Wildman–Crippen LogP) is 3.89. The fourth-order valence-electron chi connectivity index (χ4n) is 4.22. The molecule has 0 spiro atoms. The van der Waals surface area contributed by atoms with Gasteiger partial charge in [0.05, 0.1) is 16.6 Å². The van der Waals surface area contributed by atoms with Gasteiger partial charge in [-0.05, 0) is 50.7 Å². The van der Waals surface area contributed by atoms with Crippen LogP contribution in [0.25, 0.3) is 16.7 Å². The fraction of sp³-hybridized carbons (Fsp3) is 0.333. The molecule has 8 heteroatoms. The van der Waals surface area contributed by atoms with Gasteiger partial charge >= 0.3 is 0 Å². The van der Waals surface area contributed by atoms with Crippen molar-refractivity contribution < 1.29 is 0 Å². The van der Waals surface area contributed by atoms with Crippen molar-refractivity contribution in [3.05, 3.63) is 57.6 Å². The van der Waals surface area contributed by atoms with Crippen LogP contribution in [0.15, 0.2) is 35.1 Å². The highest BCUT2D eigenvalue weighted by Gasteiger charge is 2.27. The molecule has 148 valence electrons. The minimum Gasteiger partial charge on any atom is -0.325 e. The van der Waals surface area contributed by atoms with Crippen LogP contribution in [0.4, 0.5) is 11.6 Å². The maximum atomic E-state index is 13.2. The number of anilines is 2. The van der Waals surface area contributed by atoms with Gasteiger partial charge in [0, 0.05) is 23.2 Å². The molecule has 2 aliphatic carbocycles. The van der Waals surface area contributed by atoms with Crippen LogP contribution in [0.5, 0.6) is 0 Å². The van der Waals surface area contributed by atoms with E-state index in [9.17, 15) is 4.79 Å². The first-order valence-corrected chi connectivity index (χ1v) is 9.93. The zero-order chi connectivity index (χ0) is 18.7. The van der Waals surface area contributed by atoms with Gasteiger partial charge in [0.25, 0.3) is 5.56 Å². The van der Waals surface area contributed by atoms with Gasteiger partial charge in [-0.3, -0.25) is 9.89 Å². The van der Waals surface area contributed by atoms with E-state index in [1.54, 1.807) is 4.40 Å². The number of aromatic amines is 1. The van der Waals surface area contributed by atoms with E-state index in [1.165, 1.54) is 12.8 Å². The molecule has 0 saturated heterocycles. The maximum absolute atomic E-state index is 13.2. The number of rotatable bonds is 3. The molecule has 2 aliphatic rings. The van der Waals surface area contributed by atoms with Crippen LogP contribution in [0, 0.1) is 0 Å². The first-order valence-electron chi connectivity index (χ1n) is 9.93. The highest BCUT2D eigenvalue weighted by atomic mass is 35.5. The van der Waals surface area contributed by atoms with Gasteiger partial charge in [0.15, 0.2) is 0 Å². The molecule has 6 rings (SSSR count). The second kappa shape index (κ2) is 6.84.